The summed E-state index contributed by atoms with van der Waals surface area (Å²) < 4.78 is 6.43. The fourth-order valence-corrected chi connectivity index (χ4v) is 3.18. The Balaban J connectivity index is 2.51. The third-order valence-electron chi connectivity index (χ3n) is 3.79. The second-order valence-electron chi connectivity index (χ2n) is 5.38. The van der Waals surface area contributed by atoms with Gasteiger partial charge in [-0.25, -0.2) is 0 Å². The summed E-state index contributed by atoms with van der Waals surface area (Å²) in [5, 5.41) is 11.4. The van der Waals surface area contributed by atoms with Crippen LogP contribution in [0.25, 0.3) is 0 Å². The van der Waals surface area contributed by atoms with Crippen molar-refractivity contribution in [1.29, 1.82) is 0 Å². The average molecular weight is 358 g/mol. The Morgan fingerprint density at radius 1 is 1.57 bits per heavy atom. The third kappa shape index (κ3) is 3.42. The number of hydrogen-bond donors (Lipinski definition) is 1. The maximum Gasteiger partial charge on any atom is 0.275 e. The van der Waals surface area contributed by atoms with E-state index in [1.165, 1.54) is 6.07 Å². The van der Waals surface area contributed by atoms with Crippen LogP contribution < -0.4 is 5.73 Å². The van der Waals surface area contributed by atoms with E-state index in [-0.39, 0.29) is 28.8 Å². The van der Waals surface area contributed by atoms with Crippen LogP contribution in [0.15, 0.2) is 22.7 Å². The Morgan fingerprint density at radius 2 is 2.29 bits per heavy atom. The summed E-state index contributed by atoms with van der Waals surface area (Å²) in [4.78, 5) is 13.3. The third-order valence-corrected chi connectivity index (χ3v) is 4.29. The van der Waals surface area contributed by atoms with Crippen molar-refractivity contribution >= 4 is 21.6 Å². The van der Waals surface area contributed by atoms with Crippen LogP contribution in [0.4, 0.5) is 5.69 Å². The summed E-state index contributed by atoms with van der Waals surface area (Å²) in [5.74, 6) is 0. The molecule has 0 amide bonds. The van der Waals surface area contributed by atoms with Gasteiger partial charge in [-0.1, -0.05) is 15.9 Å². The number of benzene rings is 1. The largest absolute Gasteiger partial charge is 0.374 e. The summed E-state index contributed by atoms with van der Waals surface area (Å²) in [6.45, 7) is 5.83. The SMILES string of the molecule is CC(C)N1CCOC(CN)C1c1ccc(Br)cc1[N+](=O)[O-]. The second-order valence-corrected chi connectivity index (χ2v) is 6.30. The van der Waals surface area contributed by atoms with Crippen LogP contribution >= 0.6 is 15.9 Å². The Hall–Kier alpha value is -1.02. The van der Waals surface area contributed by atoms with Gasteiger partial charge in [-0.15, -0.1) is 0 Å². The van der Waals surface area contributed by atoms with Crippen LogP contribution in [0, 0.1) is 10.1 Å². The molecule has 7 heteroatoms. The number of ether oxygens (including phenoxy) is 1. The Labute approximate surface area is 132 Å². The zero-order valence-electron chi connectivity index (χ0n) is 12.2. The first-order valence-corrected chi connectivity index (χ1v) is 7.76. The van der Waals surface area contributed by atoms with Gasteiger partial charge >= 0.3 is 0 Å². The second kappa shape index (κ2) is 6.83. The molecule has 0 saturated carbocycles. The van der Waals surface area contributed by atoms with Crippen molar-refractivity contribution < 1.29 is 9.66 Å². The molecule has 0 aliphatic carbocycles. The number of nitro groups is 1. The molecule has 2 atom stereocenters. The van der Waals surface area contributed by atoms with E-state index in [0.717, 1.165) is 6.54 Å². The van der Waals surface area contributed by atoms with E-state index in [4.69, 9.17) is 10.5 Å². The Morgan fingerprint density at radius 3 is 2.86 bits per heavy atom. The molecule has 1 aliphatic heterocycles. The van der Waals surface area contributed by atoms with E-state index >= 15 is 0 Å². The molecule has 0 radical (unpaired) electrons. The molecule has 2 rings (SSSR count). The quantitative estimate of drug-likeness (QED) is 0.661. The van der Waals surface area contributed by atoms with Crippen molar-refractivity contribution in [2.45, 2.75) is 32.0 Å². The average Bonchev–Trinajstić information content (AvgIpc) is 2.46. The number of nitrogens with two attached hydrogens (primary N) is 1. The van der Waals surface area contributed by atoms with Gasteiger partial charge in [0.25, 0.3) is 5.69 Å². The van der Waals surface area contributed by atoms with Crippen LogP contribution in [0.5, 0.6) is 0 Å². The molecule has 1 fully saturated rings. The van der Waals surface area contributed by atoms with Gasteiger partial charge in [-0.05, 0) is 26.0 Å². The maximum absolute atomic E-state index is 11.4. The van der Waals surface area contributed by atoms with Gasteiger partial charge in [0.2, 0.25) is 0 Å². The number of rotatable bonds is 4. The molecule has 1 heterocycles. The lowest BCUT2D eigenvalue weighted by Crippen LogP contribution is -2.50. The molecule has 6 nitrogen and oxygen atoms in total. The molecular weight excluding hydrogens is 338 g/mol. The minimum absolute atomic E-state index is 0.101. The molecule has 1 aromatic rings. The van der Waals surface area contributed by atoms with Gasteiger partial charge in [-0.3, -0.25) is 15.0 Å². The highest BCUT2D eigenvalue weighted by molar-refractivity contribution is 9.10. The van der Waals surface area contributed by atoms with Crippen LogP contribution in [-0.2, 0) is 4.74 Å². The summed E-state index contributed by atoms with van der Waals surface area (Å²) in [6, 6.07) is 5.21. The first kappa shape index (κ1) is 16.4. The molecule has 0 spiro atoms. The maximum atomic E-state index is 11.4. The van der Waals surface area contributed by atoms with Gasteiger partial charge in [0, 0.05) is 35.2 Å². The minimum atomic E-state index is -0.346. The predicted octanol–water partition coefficient (Wildman–Crippen LogP) is 2.47. The van der Waals surface area contributed by atoms with E-state index in [2.05, 4.69) is 34.7 Å². The van der Waals surface area contributed by atoms with Crippen LogP contribution in [-0.4, -0.2) is 41.7 Å². The number of nitro benzene ring substituents is 1. The number of morpholine rings is 1. The van der Waals surface area contributed by atoms with Gasteiger partial charge in [0.05, 0.1) is 23.7 Å². The van der Waals surface area contributed by atoms with Crippen LogP contribution in [0.3, 0.4) is 0 Å². The fourth-order valence-electron chi connectivity index (χ4n) is 2.83. The highest BCUT2D eigenvalue weighted by Gasteiger charge is 2.37. The topological polar surface area (TPSA) is 81.6 Å². The van der Waals surface area contributed by atoms with E-state index in [0.29, 0.717) is 23.2 Å². The van der Waals surface area contributed by atoms with E-state index in [9.17, 15) is 10.1 Å². The minimum Gasteiger partial charge on any atom is -0.374 e. The smallest absolute Gasteiger partial charge is 0.275 e. The summed E-state index contributed by atoms with van der Waals surface area (Å²) in [5.41, 5.74) is 6.58. The molecule has 0 bridgehead atoms. The molecule has 21 heavy (non-hydrogen) atoms. The van der Waals surface area contributed by atoms with E-state index in [1.807, 2.05) is 6.07 Å². The van der Waals surface area contributed by atoms with E-state index < -0.39 is 0 Å². The normalized spacial score (nSPS) is 23.5. The Kier molecular flexibility index (Phi) is 5.32. The van der Waals surface area contributed by atoms with Gasteiger partial charge in [0.1, 0.15) is 0 Å². The van der Waals surface area contributed by atoms with Gasteiger partial charge in [-0.2, -0.15) is 0 Å². The monoisotopic (exact) mass is 357 g/mol. The van der Waals surface area contributed by atoms with Crippen molar-refractivity contribution in [2.75, 3.05) is 19.7 Å². The highest BCUT2D eigenvalue weighted by Crippen LogP contribution is 2.37. The standard InChI is InChI=1S/C14H20BrN3O3/c1-9(2)17-5-6-21-13(8-16)14(17)11-4-3-10(15)7-12(11)18(19)20/h3-4,7,9,13-14H,5-6,8,16H2,1-2H3. The molecule has 1 aliphatic rings. The molecule has 1 aromatic carbocycles. The zero-order chi connectivity index (χ0) is 15.6. The van der Waals surface area contributed by atoms with Crippen molar-refractivity contribution in [3.05, 3.63) is 38.3 Å². The Bertz CT molecular complexity index is 524. The van der Waals surface area contributed by atoms with Crippen LogP contribution in [0.1, 0.15) is 25.5 Å². The van der Waals surface area contributed by atoms with Gasteiger partial charge in [0.15, 0.2) is 0 Å². The lowest BCUT2D eigenvalue weighted by Gasteiger charge is -2.43. The van der Waals surface area contributed by atoms with Crippen molar-refractivity contribution in [3.8, 4) is 0 Å². The number of nitrogens with zero attached hydrogens (tertiary/aromatic N) is 2. The predicted molar refractivity (Wildman–Crippen MR) is 84.2 cm³/mol. The van der Waals surface area contributed by atoms with Crippen molar-refractivity contribution in [3.63, 3.8) is 0 Å². The number of halogens is 1. The van der Waals surface area contributed by atoms with Crippen LogP contribution in [0.2, 0.25) is 0 Å². The zero-order valence-corrected chi connectivity index (χ0v) is 13.7. The summed E-state index contributed by atoms with van der Waals surface area (Å²) >= 11 is 3.29. The summed E-state index contributed by atoms with van der Waals surface area (Å²) in [7, 11) is 0. The molecule has 2 N–H and O–H groups in total. The molecule has 0 aromatic heterocycles. The molecular formula is C14H20BrN3O3. The van der Waals surface area contributed by atoms with Gasteiger partial charge < -0.3 is 10.5 Å². The van der Waals surface area contributed by atoms with Crippen molar-refractivity contribution in [1.82, 2.24) is 4.90 Å². The lowest BCUT2D eigenvalue weighted by molar-refractivity contribution is -0.386. The first-order chi connectivity index (χ1) is 9.95. The molecule has 2 unspecified atom stereocenters. The fraction of sp³-hybridized carbons (Fsp3) is 0.571. The molecule has 116 valence electrons. The number of hydrogen-bond acceptors (Lipinski definition) is 5. The van der Waals surface area contributed by atoms with Crippen molar-refractivity contribution in [2.24, 2.45) is 5.73 Å². The summed E-state index contributed by atoms with van der Waals surface area (Å²) in [6.07, 6.45) is -0.235. The molecule has 1 saturated heterocycles. The highest BCUT2D eigenvalue weighted by atomic mass is 79.9. The van der Waals surface area contributed by atoms with E-state index in [1.54, 1.807) is 6.07 Å². The lowest BCUT2D eigenvalue weighted by atomic mass is 9.95. The first-order valence-electron chi connectivity index (χ1n) is 6.97.